The van der Waals surface area contributed by atoms with Crippen LogP contribution in [0.5, 0.6) is 0 Å². The molecule has 0 amide bonds. The smallest absolute Gasteiger partial charge is 0.150 e. The largest absolute Gasteiger partial charge is 0.373 e. The van der Waals surface area contributed by atoms with E-state index >= 15 is 0 Å². The number of hydrogen-bond acceptors (Lipinski definition) is 1. The molecule has 0 saturated carbocycles. The number of rotatable bonds is 2. The molecule has 0 spiro atoms. The van der Waals surface area contributed by atoms with Gasteiger partial charge >= 0.3 is 0 Å². The van der Waals surface area contributed by atoms with E-state index in [0.29, 0.717) is 17.3 Å². The maximum absolute atomic E-state index is 13.8. The minimum atomic E-state index is -0.646. The number of anilines is 1. The van der Waals surface area contributed by atoms with Crippen LogP contribution in [0.2, 0.25) is 0 Å². The van der Waals surface area contributed by atoms with Crippen molar-refractivity contribution in [2.75, 3.05) is 5.32 Å². The second-order valence-corrected chi connectivity index (χ2v) is 5.74. The second kappa shape index (κ2) is 5.13. The van der Waals surface area contributed by atoms with Gasteiger partial charge in [-0.2, -0.15) is 0 Å². The van der Waals surface area contributed by atoms with Crippen molar-refractivity contribution < 1.29 is 13.2 Å². The van der Waals surface area contributed by atoms with Crippen LogP contribution >= 0.6 is 15.9 Å². The third kappa shape index (κ3) is 2.42. The van der Waals surface area contributed by atoms with Crippen LogP contribution in [0.3, 0.4) is 0 Å². The SMILES string of the molecule is Fc1ccc2c(c1)CCC2Nc1c(F)cc(Br)cc1F. The van der Waals surface area contributed by atoms with Crippen LogP contribution in [0, 0.1) is 17.5 Å². The van der Waals surface area contributed by atoms with Gasteiger partial charge in [0.25, 0.3) is 0 Å². The zero-order valence-electron chi connectivity index (χ0n) is 10.4. The Labute approximate surface area is 122 Å². The number of benzene rings is 2. The Hall–Kier alpha value is -1.49. The Morgan fingerprint density at radius 1 is 1.05 bits per heavy atom. The Morgan fingerprint density at radius 2 is 1.75 bits per heavy atom. The predicted octanol–water partition coefficient (Wildman–Crippen LogP) is 4.97. The molecule has 2 aromatic rings. The quantitative estimate of drug-likeness (QED) is 0.813. The van der Waals surface area contributed by atoms with Crippen molar-refractivity contribution in [2.24, 2.45) is 0 Å². The summed E-state index contributed by atoms with van der Waals surface area (Å²) < 4.78 is 41.1. The minimum absolute atomic E-state index is 0.143. The van der Waals surface area contributed by atoms with Crippen molar-refractivity contribution in [3.05, 3.63) is 63.4 Å². The molecule has 5 heteroatoms. The van der Waals surface area contributed by atoms with Gasteiger partial charge in [0.15, 0.2) is 0 Å². The molecule has 1 unspecified atom stereocenters. The standard InChI is InChI=1S/C15H11BrF3N/c16-9-6-12(18)15(13(19)7-9)20-14-4-1-8-5-10(17)2-3-11(8)14/h2-3,5-7,14,20H,1,4H2. The zero-order chi connectivity index (χ0) is 14.3. The van der Waals surface area contributed by atoms with Crippen molar-refractivity contribution in [2.45, 2.75) is 18.9 Å². The molecule has 20 heavy (non-hydrogen) atoms. The third-order valence-electron chi connectivity index (χ3n) is 3.51. The van der Waals surface area contributed by atoms with Gasteiger partial charge in [-0.1, -0.05) is 22.0 Å². The van der Waals surface area contributed by atoms with Crippen LogP contribution in [0.4, 0.5) is 18.9 Å². The molecule has 1 aliphatic rings. The Morgan fingerprint density at radius 3 is 2.45 bits per heavy atom. The first kappa shape index (κ1) is 13.5. The molecule has 0 bridgehead atoms. The molecule has 1 N–H and O–H groups in total. The lowest BCUT2D eigenvalue weighted by molar-refractivity contribution is 0.580. The summed E-state index contributed by atoms with van der Waals surface area (Å²) in [6, 6.07) is 6.75. The number of nitrogens with one attached hydrogen (secondary N) is 1. The van der Waals surface area contributed by atoms with E-state index in [4.69, 9.17) is 0 Å². The first-order valence-corrected chi connectivity index (χ1v) is 7.03. The molecule has 0 saturated heterocycles. The summed E-state index contributed by atoms with van der Waals surface area (Å²) in [6.07, 6.45) is 1.39. The predicted molar refractivity (Wildman–Crippen MR) is 75.1 cm³/mol. The van der Waals surface area contributed by atoms with Gasteiger partial charge in [-0.05, 0) is 48.2 Å². The summed E-state index contributed by atoms with van der Waals surface area (Å²) in [5.74, 6) is -1.58. The van der Waals surface area contributed by atoms with E-state index in [0.717, 1.165) is 11.1 Å². The van der Waals surface area contributed by atoms with E-state index in [-0.39, 0.29) is 17.5 Å². The van der Waals surface area contributed by atoms with E-state index in [1.165, 1.54) is 24.3 Å². The fraction of sp³-hybridized carbons (Fsp3) is 0.200. The maximum Gasteiger partial charge on any atom is 0.150 e. The van der Waals surface area contributed by atoms with Crippen LogP contribution in [0.1, 0.15) is 23.6 Å². The van der Waals surface area contributed by atoms with Gasteiger partial charge in [0.1, 0.15) is 23.1 Å². The Bertz CT molecular complexity index is 649. The molecule has 2 aromatic carbocycles. The molecule has 0 aromatic heterocycles. The van der Waals surface area contributed by atoms with Crippen LogP contribution in [-0.4, -0.2) is 0 Å². The Balaban J connectivity index is 1.91. The highest BCUT2D eigenvalue weighted by Gasteiger charge is 2.24. The van der Waals surface area contributed by atoms with Crippen molar-refractivity contribution in [3.8, 4) is 0 Å². The molecule has 1 atom stereocenters. The molecule has 3 rings (SSSR count). The molecule has 1 aliphatic carbocycles. The highest BCUT2D eigenvalue weighted by molar-refractivity contribution is 9.10. The lowest BCUT2D eigenvalue weighted by Gasteiger charge is -2.17. The van der Waals surface area contributed by atoms with Gasteiger partial charge in [-0.25, -0.2) is 13.2 Å². The van der Waals surface area contributed by atoms with E-state index < -0.39 is 11.6 Å². The number of fused-ring (bicyclic) bond motifs is 1. The average molecular weight is 342 g/mol. The topological polar surface area (TPSA) is 12.0 Å². The fourth-order valence-electron chi connectivity index (χ4n) is 2.59. The summed E-state index contributed by atoms with van der Waals surface area (Å²) >= 11 is 3.04. The molecule has 104 valence electrons. The highest BCUT2D eigenvalue weighted by atomic mass is 79.9. The molecular weight excluding hydrogens is 331 g/mol. The maximum atomic E-state index is 13.8. The van der Waals surface area contributed by atoms with Crippen molar-refractivity contribution in [1.29, 1.82) is 0 Å². The third-order valence-corrected chi connectivity index (χ3v) is 3.97. The first-order chi connectivity index (χ1) is 9.54. The van der Waals surface area contributed by atoms with Crippen molar-refractivity contribution in [1.82, 2.24) is 0 Å². The van der Waals surface area contributed by atoms with Crippen LogP contribution in [0.15, 0.2) is 34.8 Å². The monoisotopic (exact) mass is 341 g/mol. The summed E-state index contributed by atoms with van der Waals surface area (Å²) in [5, 5.41) is 2.89. The molecule has 0 fully saturated rings. The first-order valence-electron chi connectivity index (χ1n) is 6.24. The average Bonchev–Trinajstić information content (AvgIpc) is 2.76. The molecule has 0 heterocycles. The van der Waals surface area contributed by atoms with Gasteiger partial charge in [-0.3, -0.25) is 0 Å². The van der Waals surface area contributed by atoms with Gasteiger partial charge in [0, 0.05) is 4.47 Å². The number of aryl methyl sites for hydroxylation is 1. The molecule has 1 nitrogen and oxygen atoms in total. The number of halogens is 4. The van der Waals surface area contributed by atoms with Crippen molar-refractivity contribution in [3.63, 3.8) is 0 Å². The second-order valence-electron chi connectivity index (χ2n) is 4.82. The van der Waals surface area contributed by atoms with E-state index in [1.807, 2.05) is 0 Å². The van der Waals surface area contributed by atoms with E-state index in [1.54, 1.807) is 6.07 Å². The van der Waals surface area contributed by atoms with Gasteiger partial charge in [0.05, 0.1) is 6.04 Å². The van der Waals surface area contributed by atoms with E-state index in [2.05, 4.69) is 21.2 Å². The van der Waals surface area contributed by atoms with Crippen LogP contribution in [0.25, 0.3) is 0 Å². The fourth-order valence-corrected chi connectivity index (χ4v) is 2.99. The summed E-state index contributed by atoms with van der Waals surface area (Å²) in [4.78, 5) is 0. The lowest BCUT2D eigenvalue weighted by Crippen LogP contribution is -2.10. The van der Waals surface area contributed by atoms with Crippen molar-refractivity contribution >= 4 is 21.6 Å². The van der Waals surface area contributed by atoms with Gasteiger partial charge in [-0.15, -0.1) is 0 Å². The lowest BCUT2D eigenvalue weighted by atomic mass is 10.1. The van der Waals surface area contributed by atoms with Crippen LogP contribution in [-0.2, 0) is 6.42 Å². The Kier molecular flexibility index (Phi) is 3.46. The highest BCUT2D eigenvalue weighted by Crippen LogP contribution is 2.36. The molecule has 0 aliphatic heterocycles. The normalized spacial score (nSPS) is 17.1. The molecule has 0 radical (unpaired) electrons. The zero-order valence-corrected chi connectivity index (χ0v) is 12.0. The minimum Gasteiger partial charge on any atom is -0.373 e. The summed E-state index contributed by atoms with van der Waals surface area (Å²) in [7, 11) is 0. The van der Waals surface area contributed by atoms with E-state index in [9.17, 15) is 13.2 Å². The summed E-state index contributed by atoms with van der Waals surface area (Å²) in [5.41, 5.74) is 1.64. The summed E-state index contributed by atoms with van der Waals surface area (Å²) in [6.45, 7) is 0. The van der Waals surface area contributed by atoms with Gasteiger partial charge < -0.3 is 5.32 Å². The number of hydrogen-bond donors (Lipinski definition) is 1. The molecular formula is C15H11BrF3N. The van der Waals surface area contributed by atoms with Crippen LogP contribution < -0.4 is 5.32 Å². The van der Waals surface area contributed by atoms with Gasteiger partial charge in [0.2, 0.25) is 0 Å².